The Morgan fingerprint density at radius 3 is 2.93 bits per heavy atom. The van der Waals surface area contributed by atoms with Crippen molar-refractivity contribution < 1.29 is 0 Å². The molecule has 0 atom stereocenters. The zero-order valence-electron chi connectivity index (χ0n) is 15.3. The zero-order valence-corrected chi connectivity index (χ0v) is 16.0. The van der Waals surface area contributed by atoms with E-state index in [0.717, 1.165) is 29.0 Å². The third-order valence-corrected chi connectivity index (χ3v) is 6.11. The highest BCUT2D eigenvalue weighted by Gasteiger charge is 2.21. The van der Waals surface area contributed by atoms with E-state index in [2.05, 4.69) is 33.0 Å². The zero-order chi connectivity index (χ0) is 18.2. The Labute approximate surface area is 163 Å². The number of fused-ring (bicyclic) bond motifs is 1. The average Bonchev–Trinajstić information content (AvgIpc) is 3.35. The van der Waals surface area contributed by atoms with Gasteiger partial charge in [-0.15, -0.1) is 0 Å². The van der Waals surface area contributed by atoms with Gasteiger partial charge in [0.2, 0.25) is 0 Å². The summed E-state index contributed by atoms with van der Waals surface area (Å²) in [6.07, 6.45) is 20.2. The Morgan fingerprint density at radius 2 is 2.07 bits per heavy atom. The summed E-state index contributed by atoms with van der Waals surface area (Å²) in [4.78, 5) is 12.7. The lowest BCUT2D eigenvalue weighted by Gasteiger charge is -2.24. The Balaban J connectivity index is 1.81. The van der Waals surface area contributed by atoms with Crippen molar-refractivity contribution in [3.8, 4) is 0 Å². The molecular weight excluding hydrogens is 356 g/mol. The van der Waals surface area contributed by atoms with E-state index in [1.807, 2.05) is 24.6 Å². The molecule has 3 heterocycles. The molecule has 0 amide bonds. The number of aromatic nitrogens is 3. The van der Waals surface area contributed by atoms with Gasteiger partial charge in [0.15, 0.2) is 0 Å². The van der Waals surface area contributed by atoms with E-state index in [-0.39, 0.29) is 0 Å². The van der Waals surface area contributed by atoms with Crippen LogP contribution in [0.3, 0.4) is 0 Å². The quantitative estimate of drug-likeness (QED) is 0.792. The molecule has 1 saturated carbocycles. The molecule has 1 aliphatic heterocycles. The van der Waals surface area contributed by atoms with Crippen LogP contribution in [-0.4, -0.2) is 20.7 Å². The topological polar surface area (TPSA) is 46.0 Å². The molecule has 0 saturated heterocycles. The van der Waals surface area contributed by atoms with E-state index in [0.29, 0.717) is 6.04 Å². The number of allylic oxidation sites excluding steroid dienone is 4. The van der Waals surface area contributed by atoms with Crippen LogP contribution in [0.2, 0.25) is 0 Å². The molecule has 3 aliphatic rings. The molecule has 0 aromatic carbocycles. The number of H-pyrrole nitrogens is 1. The Bertz CT molecular complexity index is 1070. The average molecular weight is 379 g/mol. The molecule has 2 aromatic rings. The lowest BCUT2D eigenvalue weighted by molar-refractivity contribution is 0.348. The van der Waals surface area contributed by atoms with Crippen LogP contribution in [0.1, 0.15) is 56.6 Å². The summed E-state index contributed by atoms with van der Waals surface area (Å²) >= 11 is 6.34. The first-order valence-corrected chi connectivity index (χ1v) is 10.2. The van der Waals surface area contributed by atoms with Gasteiger partial charge in [0, 0.05) is 41.9 Å². The van der Waals surface area contributed by atoms with Gasteiger partial charge in [-0.25, -0.2) is 9.98 Å². The Kier molecular flexibility index (Phi) is 4.36. The number of nitrogens with one attached hydrogen (secondary N) is 1. The van der Waals surface area contributed by atoms with E-state index >= 15 is 0 Å². The summed E-state index contributed by atoms with van der Waals surface area (Å²) < 4.78 is 2.44. The highest BCUT2D eigenvalue weighted by molar-refractivity contribution is 6.30. The molecule has 1 N–H and O–H groups in total. The van der Waals surface area contributed by atoms with Gasteiger partial charge in [0.1, 0.15) is 5.82 Å². The van der Waals surface area contributed by atoms with Crippen LogP contribution in [-0.2, 0) is 0 Å². The fourth-order valence-electron chi connectivity index (χ4n) is 4.54. The van der Waals surface area contributed by atoms with Crippen LogP contribution in [0.5, 0.6) is 0 Å². The van der Waals surface area contributed by atoms with Crippen molar-refractivity contribution in [1.82, 2.24) is 14.5 Å². The lowest BCUT2D eigenvalue weighted by atomic mass is 9.94. The van der Waals surface area contributed by atoms with Gasteiger partial charge in [-0.05, 0) is 36.1 Å². The molecule has 0 bridgehead atoms. The summed E-state index contributed by atoms with van der Waals surface area (Å²) in [5.41, 5.74) is 3.70. The van der Waals surface area contributed by atoms with E-state index in [1.54, 1.807) is 0 Å². The molecule has 2 aromatic heterocycles. The molecule has 27 heavy (non-hydrogen) atoms. The predicted molar refractivity (Wildman–Crippen MR) is 111 cm³/mol. The van der Waals surface area contributed by atoms with Gasteiger partial charge in [-0.2, -0.15) is 0 Å². The van der Waals surface area contributed by atoms with Crippen LogP contribution in [0, 0.1) is 0 Å². The third-order valence-electron chi connectivity index (χ3n) is 5.85. The number of nitrogens with zero attached hydrogens (tertiary/aromatic N) is 3. The second-order valence-corrected chi connectivity index (χ2v) is 8.04. The van der Waals surface area contributed by atoms with Gasteiger partial charge >= 0.3 is 0 Å². The summed E-state index contributed by atoms with van der Waals surface area (Å²) in [5, 5.41) is 3.18. The van der Waals surface area contributed by atoms with E-state index in [9.17, 15) is 0 Å². The van der Waals surface area contributed by atoms with Crippen LogP contribution in [0.4, 0.5) is 5.82 Å². The van der Waals surface area contributed by atoms with Crippen molar-refractivity contribution in [3.05, 3.63) is 58.1 Å². The number of hydrogen-bond donors (Lipinski definition) is 1. The monoisotopic (exact) mass is 378 g/mol. The second kappa shape index (κ2) is 7.01. The maximum atomic E-state index is 6.34. The first kappa shape index (κ1) is 16.8. The Hall–Kier alpha value is -2.33. The van der Waals surface area contributed by atoms with Crippen LogP contribution >= 0.6 is 11.6 Å². The van der Waals surface area contributed by atoms with Crippen molar-refractivity contribution >= 4 is 34.8 Å². The first-order valence-electron chi connectivity index (χ1n) is 9.83. The third kappa shape index (κ3) is 3.02. The number of aliphatic imine (C=N–C) groups is 1. The van der Waals surface area contributed by atoms with Crippen molar-refractivity contribution in [1.29, 1.82) is 0 Å². The molecule has 1 fully saturated rings. The molecule has 2 aliphatic carbocycles. The van der Waals surface area contributed by atoms with E-state index in [1.165, 1.54) is 54.2 Å². The van der Waals surface area contributed by atoms with Gasteiger partial charge in [-0.3, -0.25) is 0 Å². The minimum Gasteiger partial charge on any atom is -0.346 e. The summed E-state index contributed by atoms with van der Waals surface area (Å²) in [6.45, 7) is 0. The maximum absolute atomic E-state index is 6.34. The van der Waals surface area contributed by atoms with Gasteiger partial charge < -0.3 is 9.55 Å². The number of rotatable bonds is 1. The molecule has 0 unspecified atom stereocenters. The summed E-state index contributed by atoms with van der Waals surface area (Å²) in [5.74, 6) is 0.945. The van der Waals surface area contributed by atoms with Crippen LogP contribution in [0.15, 0.2) is 46.8 Å². The normalized spacial score (nSPS) is 24.1. The molecule has 5 heteroatoms. The molecule has 138 valence electrons. The molecule has 4 nitrogen and oxygen atoms in total. The van der Waals surface area contributed by atoms with E-state index in [4.69, 9.17) is 16.6 Å². The summed E-state index contributed by atoms with van der Waals surface area (Å²) in [7, 11) is 0. The van der Waals surface area contributed by atoms with Crippen molar-refractivity contribution in [3.63, 3.8) is 0 Å². The predicted octanol–water partition coefficient (Wildman–Crippen LogP) is 4.25. The van der Waals surface area contributed by atoms with Crippen molar-refractivity contribution in [2.45, 2.75) is 51.0 Å². The van der Waals surface area contributed by atoms with Gasteiger partial charge in [0.25, 0.3) is 0 Å². The number of aromatic amines is 1. The second-order valence-electron chi connectivity index (χ2n) is 7.55. The highest BCUT2D eigenvalue weighted by atomic mass is 35.5. The lowest BCUT2D eigenvalue weighted by Crippen LogP contribution is -2.37. The maximum Gasteiger partial charge on any atom is 0.137 e. The number of hydrogen-bond acceptors (Lipinski definition) is 2. The fourth-order valence-corrected chi connectivity index (χ4v) is 4.75. The molecule has 5 rings (SSSR count). The SMILES string of the molecule is ClC1=CC=CC(=c2ncn(C3CCCCC3)c2=C2CC=Nc3[nH]ccc32)C1. The smallest absolute Gasteiger partial charge is 0.137 e. The van der Waals surface area contributed by atoms with Crippen LogP contribution in [0.25, 0.3) is 11.1 Å². The number of imidazole rings is 1. The molecule has 0 radical (unpaired) electrons. The minimum atomic E-state index is 0.531. The van der Waals surface area contributed by atoms with E-state index < -0.39 is 0 Å². The summed E-state index contributed by atoms with van der Waals surface area (Å²) in [6, 6.07) is 2.67. The van der Waals surface area contributed by atoms with Crippen molar-refractivity contribution in [2.24, 2.45) is 4.99 Å². The van der Waals surface area contributed by atoms with Crippen LogP contribution < -0.4 is 10.7 Å². The van der Waals surface area contributed by atoms with Crippen molar-refractivity contribution in [2.75, 3.05) is 0 Å². The largest absolute Gasteiger partial charge is 0.346 e. The molecular formula is C22H23ClN4. The number of halogens is 1. The first-order chi connectivity index (χ1) is 13.3. The van der Waals surface area contributed by atoms with Gasteiger partial charge in [-0.1, -0.05) is 43.0 Å². The fraction of sp³-hybridized carbons (Fsp3) is 0.364. The Morgan fingerprint density at radius 1 is 1.19 bits per heavy atom. The minimum absolute atomic E-state index is 0.531. The standard InChI is InChI=1S/C22H23ClN4/c23-16-6-4-5-15(13-16)20-21(18-9-11-24-22-19(18)10-12-25-22)27(14-26-20)17-7-2-1-3-8-17/h4-6,10-12,14,17,25H,1-3,7-9,13H2. The molecule has 0 spiro atoms. The van der Waals surface area contributed by atoms with Gasteiger partial charge in [0.05, 0.1) is 17.0 Å². The highest BCUT2D eigenvalue weighted by Crippen LogP contribution is 2.30.